The number of hydrogen-bond acceptors (Lipinski definition) is 8. The van der Waals surface area contributed by atoms with Gasteiger partial charge in [0.25, 0.3) is 0 Å². The molecular formula is C13H16FN7O. The second-order valence-corrected chi connectivity index (χ2v) is 5.02. The number of morpholine rings is 1. The molecule has 22 heavy (non-hydrogen) atoms. The highest BCUT2D eigenvalue weighted by Gasteiger charge is 2.24. The normalized spacial score (nSPS) is 18.5. The lowest BCUT2D eigenvalue weighted by Crippen LogP contribution is -2.44. The predicted octanol–water partition coefficient (Wildman–Crippen LogP) is 0.462. The third kappa shape index (κ3) is 2.62. The Morgan fingerprint density at radius 2 is 2.00 bits per heavy atom. The van der Waals surface area contributed by atoms with Crippen molar-refractivity contribution >= 4 is 17.7 Å². The van der Waals surface area contributed by atoms with Crippen molar-refractivity contribution in [3.63, 3.8) is 0 Å². The van der Waals surface area contributed by atoms with E-state index < -0.39 is 5.82 Å². The smallest absolute Gasteiger partial charge is 0.228 e. The summed E-state index contributed by atoms with van der Waals surface area (Å²) in [5, 5.41) is 0. The molecule has 1 fully saturated rings. The van der Waals surface area contributed by atoms with Gasteiger partial charge in [0.05, 0.1) is 19.3 Å². The van der Waals surface area contributed by atoms with Gasteiger partial charge in [-0.1, -0.05) is 0 Å². The molecule has 0 saturated carbocycles. The van der Waals surface area contributed by atoms with Gasteiger partial charge in [-0.15, -0.1) is 0 Å². The lowest BCUT2D eigenvalue weighted by Gasteiger charge is -2.33. The second-order valence-electron chi connectivity index (χ2n) is 5.02. The van der Waals surface area contributed by atoms with E-state index in [1.807, 2.05) is 11.8 Å². The van der Waals surface area contributed by atoms with Crippen molar-refractivity contribution in [1.29, 1.82) is 0 Å². The van der Waals surface area contributed by atoms with Gasteiger partial charge in [0, 0.05) is 24.5 Å². The van der Waals surface area contributed by atoms with Crippen molar-refractivity contribution in [2.45, 2.75) is 13.0 Å². The number of rotatable bonds is 2. The van der Waals surface area contributed by atoms with Gasteiger partial charge in [-0.2, -0.15) is 4.98 Å². The molecule has 3 rings (SSSR count). The molecule has 0 aliphatic carbocycles. The molecule has 0 unspecified atom stereocenters. The van der Waals surface area contributed by atoms with Crippen LogP contribution in [0.25, 0.3) is 11.3 Å². The van der Waals surface area contributed by atoms with Crippen LogP contribution in [0.4, 0.5) is 22.1 Å². The van der Waals surface area contributed by atoms with Crippen LogP contribution in [-0.2, 0) is 4.74 Å². The Balaban J connectivity index is 2.05. The molecule has 1 saturated heterocycles. The van der Waals surface area contributed by atoms with E-state index in [-0.39, 0.29) is 23.5 Å². The molecular weight excluding hydrogens is 289 g/mol. The van der Waals surface area contributed by atoms with Gasteiger partial charge >= 0.3 is 0 Å². The summed E-state index contributed by atoms with van der Waals surface area (Å²) in [5.74, 6) is -0.441. The number of nitrogens with two attached hydrogens (primary N) is 2. The van der Waals surface area contributed by atoms with Crippen LogP contribution in [-0.4, -0.2) is 45.7 Å². The largest absolute Gasteiger partial charge is 0.381 e. The first kappa shape index (κ1) is 14.4. The first-order valence-electron chi connectivity index (χ1n) is 6.81. The predicted molar refractivity (Wildman–Crippen MR) is 79.5 cm³/mol. The van der Waals surface area contributed by atoms with E-state index in [4.69, 9.17) is 16.2 Å². The summed E-state index contributed by atoms with van der Waals surface area (Å²) in [5.41, 5.74) is 11.6. The fourth-order valence-electron chi connectivity index (χ4n) is 2.26. The van der Waals surface area contributed by atoms with E-state index in [1.54, 1.807) is 0 Å². The van der Waals surface area contributed by atoms with E-state index in [2.05, 4.69) is 19.9 Å². The Bertz CT molecular complexity index is 679. The van der Waals surface area contributed by atoms with Crippen molar-refractivity contribution in [3.05, 3.63) is 18.2 Å². The van der Waals surface area contributed by atoms with Gasteiger partial charge in [-0.25, -0.2) is 19.3 Å². The van der Waals surface area contributed by atoms with E-state index in [9.17, 15) is 4.39 Å². The standard InChI is InChI=1S/C13H16FN7O/c1-7-6-22-3-2-21(7)13-19-10(9(14)11(15)20-13)8-4-17-12(16)18-5-8/h4-5,7H,2-3,6H2,1H3,(H2,15,19,20)(H2,16,17,18)/t7-/m0/s1. The quantitative estimate of drug-likeness (QED) is 0.822. The van der Waals surface area contributed by atoms with Crippen molar-refractivity contribution in [2.75, 3.05) is 36.1 Å². The van der Waals surface area contributed by atoms with Crippen molar-refractivity contribution in [3.8, 4) is 11.3 Å². The third-order valence-electron chi connectivity index (χ3n) is 3.43. The van der Waals surface area contributed by atoms with E-state index >= 15 is 0 Å². The highest BCUT2D eigenvalue weighted by Crippen LogP contribution is 2.26. The number of ether oxygens (including phenoxy) is 1. The molecule has 0 bridgehead atoms. The van der Waals surface area contributed by atoms with Crippen LogP contribution in [0, 0.1) is 5.82 Å². The Morgan fingerprint density at radius 3 is 2.68 bits per heavy atom. The molecule has 116 valence electrons. The van der Waals surface area contributed by atoms with E-state index in [1.165, 1.54) is 12.4 Å². The van der Waals surface area contributed by atoms with Gasteiger partial charge in [-0.05, 0) is 6.92 Å². The molecule has 0 aromatic carbocycles. The number of nitrogen functional groups attached to an aromatic ring is 2. The summed E-state index contributed by atoms with van der Waals surface area (Å²) < 4.78 is 19.6. The Labute approximate surface area is 126 Å². The van der Waals surface area contributed by atoms with Gasteiger partial charge in [0.1, 0.15) is 5.69 Å². The summed E-state index contributed by atoms with van der Waals surface area (Å²) in [6, 6.07) is 0.0779. The summed E-state index contributed by atoms with van der Waals surface area (Å²) in [7, 11) is 0. The summed E-state index contributed by atoms with van der Waals surface area (Å²) in [6.45, 7) is 3.71. The molecule has 8 nitrogen and oxygen atoms in total. The lowest BCUT2D eigenvalue weighted by molar-refractivity contribution is 0.0981. The minimum Gasteiger partial charge on any atom is -0.381 e. The van der Waals surface area contributed by atoms with Crippen LogP contribution in [0.15, 0.2) is 12.4 Å². The van der Waals surface area contributed by atoms with E-state index in [0.29, 0.717) is 31.3 Å². The molecule has 2 aromatic heterocycles. The number of halogens is 1. The summed E-state index contributed by atoms with van der Waals surface area (Å²) >= 11 is 0. The lowest BCUT2D eigenvalue weighted by atomic mass is 10.2. The maximum atomic E-state index is 14.3. The van der Waals surface area contributed by atoms with Crippen LogP contribution in [0.3, 0.4) is 0 Å². The zero-order valence-electron chi connectivity index (χ0n) is 12.0. The van der Waals surface area contributed by atoms with Crippen LogP contribution >= 0.6 is 0 Å². The minimum atomic E-state index is -0.696. The molecule has 0 radical (unpaired) electrons. The monoisotopic (exact) mass is 305 g/mol. The minimum absolute atomic E-state index is 0.0567. The Hall–Kier alpha value is -2.55. The molecule has 1 aliphatic rings. The highest BCUT2D eigenvalue weighted by molar-refractivity contribution is 5.64. The molecule has 4 N–H and O–H groups in total. The number of hydrogen-bond donors (Lipinski definition) is 2. The van der Waals surface area contributed by atoms with Gasteiger partial charge < -0.3 is 21.1 Å². The van der Waals surface area contributed by atoms with Crippen LogP contribution in [0.1, 0.15) is 6.92 Å². The average Bonchev–Trinajstić information content (AvgIpc) is 2.51. The number of aromatic nitrogens is 4. The van der Waals surface area contributed by atoms with Crippen molar-refractivity contribution in [1.82, 2.24) is 19.9 Å². The topological polar surface area (TPSA) is 116 Å². The summed E-state index contributed by atoms with van der Waals surface area (Å²) in [6.07, 6.45) is 2.80. The number of nitrogens with zero attached hydrogens (tertiary/aromatic N) is 5. The second kappa shape index (κ2) is 5.68. The average molecular weight is 305 g/mol. The molecule has 1 atom stereocenters. The van der Waals surface area contributed by atoms with Crippen LogP contribution in [0.5, 0.6) is 0 Å². The van der Waals surface area contributed by atoms with Crippen molar-refractivity contribution < 1.29 is 9.13 Å². The first-order chi connectivity index (χ1) is 10.6. The Morgan fingerprint density at radius 1 is 1.27 bits per heavy atom. The van der Waals surface area contributed by atoms with Gasteiger partial charge in [0.2, 0.25) is 11.9 Å². The van der Waals surface area contributed by atoms with Crippen molar-refractivity contribution in [2.24, 2.45) is 0 Å². The van der Waals surface area contributed by atoms with Gasteiger partial charge in [0.15, 0.2) is 11.6 Å². The molecule has 1 aliphatic heterocycles. The van der Waals surface area contributed by atoms with Crippen LogP contribution in [0.2, 0.25) is 0 Å². The first-order valence-corrected chi connectivity index (χ1v) is 6.81. The molecule has 0 amide bonds. The molecule has 2 aromatic rings. The fraction of sp³-hybridized carbons (Fsp3) is 0.385. The van der Waals surface area contributed by atoms with Gasteiger partial charge in [-0.3, -0.25) is 0 Å². The Kier molecular flexibility index (Phi) is 3.72. The molecule has 3 heterocycles. The zero-order chi connectivity index (χ0) is 15.7. The van der Waals surface area contributed by atoms with E-state index in [0.717, 1.165) is 0 Å². The maximum absolute atomic E-state index is 14.3. The maximum Gasteiger partial charge on any atom is 0.228 e. The third-order valence-corrected chi connectivity index (χ3v) is 3.43. The molecule has 0 spiro atoms. The van der Waals surface area contributed by atoms with Crippen LogP contribution < -0.4 is 16.4 Å². The summed E-state index contributed by atoms with van der Waals surface area (Å²) in [4.78, 5) is 18.0. The zero-order valence-corrected chi connectivity index (χ0v) is 12.0. The highest BCUT2D eigenvalue weighted by atomic mass is 19.1. The SMILES string of the molecule is C[C@H]1COCCN1c1nc(N)c(F)c(-c2cnc(N)nc2)n1. The number of anilines is 3. The fourth-order valence-corrected chi connectivity index (χ4v) is 2.26. The molecule has 9 heteroatoms.